The Bertz CT molecular complexity index is 487. The van der Waals surface area contributed by atoms with Crippen molar-refractivity contribution in [2.75, 3.05) is 18.5 Å². The molecule has 2 aromatic rings. The number of aryl methyl sites for hydroxylation is 1. The van der Waals surface area contributed by atoms with Crippen LogP contribution in [0.3, 0.4) is 0 Å². The number of benzene rings is 1. The fraction of sp³-hybridized carbons (Fsp3) is 0.467. The van der Waals surface area contributed by atoms with Crippen molar-refractivity contribution in [3.63, 3.8) is 0 Å². The topological polar surface area (TPSA) is 47.0 Å². The van der Waals surface area contributed by atoms with Crippen molar-refractivity contribution in [2.45, 2.75) is 32.8 Å². The van der Waals surface area contributed by atoms with Gasteiger partial charge in [0.2, 0.25) is 0 Å². The second-order valence-corrected chi connectivity index (χ2v) is 5.37. The lowest BCUT2D eigenvalue weighted by Crippen LogP contribution is -2.03. The summed E-state index contributed by atoms with van der Waals surface area (Å²) in [7, 11) is 0. The molecule has 1 aromatic carbocycles. The van der Waals surface area contributed by atoms with Gasteiger partial charge in [-0.3, -0.25) is 0 Å². The summed E-state index contributed by atoms with van der Waals surface area (Å²) < 4.78 is 9.66. The fourth-order valence-electron chi connectivity index (χ4n) is 1.87. The van der Waals surface area contributed by atoms with E-state index in [4.69, 9.17) is 4.74 Å². The van der Waals surface area contributed by atoms with Crippen LogP contribution in [0.2, 0.25) is 0 Å². The summed E-state index contributed by atoms with van der Waals surface area (Å²) in [6.45, 7) is 4.38. The van der Waals surface area contributed by atoms with E-state index < -0.39 is 0 Å². The summed E-state index contributed by atoms with van der Waals surface area (Å²) in [5, 5.41) is 8.47. The molecule has 20 heavy (non-hydrogen) atoms. The van der Waals surface area contributed by atoms with Crippen molar-refractivity contribution in [2.24, 2.45) is 0 Å². The molecule has 2 rings (SSSR count). The van der Waals surface area contributed by atoms with E-state index in [0.717, 1.165) is 43.1 Å². The Balaban J connectivity index is 1.65. The molecule has 1 aromatic heterocycles. The Morgan fingerprint density at radius 3 is 2.90 bits per heavy atom. The second-order valence-electron chi connectivity index (χ2n) is 4.62. The summed E-state index contributed by atoms with van der Waals surface area (Å²) in [5.41, 5.74) is 2.28. The summed E-state index contributed by atoms with van der Waals surface area (Å²) in [4.78, 5) is 0. The highest BCUT2D eigenvalue weighted by Crippen LogP contribution is 2.18. The van der Waals surface area contributed by atoms with E-state index >= 15 is 0 Å². The molecule has 0 aliphatic rings. The van der Waals surface area contributed by atoms with E-state index in [1.54, 1.807) is 0 Å². The minimum absolute atomic E-state index is 0.539. The number of ether oxygens (including phenoxy) is 1. The van der Waals surface area contributed by atoms with Crippen molar-refractivity contribution in [1.29, 1.82) is 0 Å². The summed E-state index contributed by atoms with van der Waals surface area (Å²) in [6.07, 6.45) is 3.17. The van der Waals surface area contributed by atoms with E-state index in [1.165, 1.54) is 17.1 Å². The van der Waals surface area contributed by atoms with Gasteiger partial charge in [0, 0.05) is 24.7 Å². The lowest BCUT2D eigenvalue weighted by atomic mass is 10.1. The molecule has 108 valence electrons. The SMILES string of the molecule is CCCNc1snnc1COCCCc1ccccc1. The molecule has 0 atom stereocenters. The standard InChI is InChI=1S/C15H21N3OS/c1-2-10-16-15-14(17-18-20-15)12-19-11-6-9-13-7-4-3-5-8-13/h3-5,7-8,16H,2,6,9-12H2,1H3. The van der Waals surface area contributed by atoms with E-state index in [0.29, 0.717) is 6.61 Å². The van der Waals surface area contributed by atoms with Crippen LogP contribution in [0, 0.1) is 0 Å². The lowest BCUT2D eigenvalue weighted by molar-refractivity contribution is 0.116. The predicted molar refractivity (Wildman–Crippen MR) is 83.1 cm³/mol. The third-order valence-corrected chi connectivity index (χ3v) is 3.65. The molecule has 0 radical (unpaired) electrons. The quantitative estimate of drug-likeness (QED) is 0.718. The Labute approximate surface area is 124 Å². The predicted octanol–water partition coefficient (Wildman–Crippen LogP) is 3.51. The highest BCUT2D eigenvalue weighted by molar-refractivity contribution is 7.10. The molecule has 1 heterocycles. The highest BCUT2D eigenvalue weighted by atomic mass is 32.1. The van der Waals surface area contributed by atoms with Gasteiger partial charge in [0.15, 0.2) is 0 Å². The van der Waals surface area contributed by atoms with Gasteiger partial charge >= 0.3 is 0 Å². The summed E-state index contributed by atoms with van der Waals surface area (Å²) in [6, 6.07) is 10.5. The number of anilines is 1. The number of nitrogens with zero attached hydrogens (tertiary/aromatic N) is 2. The van der Waals surface area contributed by atoms with Crippen LogP contribution in [-0.2, 0) is 17.8 Å². The molecule has 0 aliphatic heterocycles. The van der Waals surface area contributed by atoms with Gasteiger partial charge in [0.1, 0.15) is 10.7 Å². The highest BCUT2D eigenvalue weighted by Gasteiger charge is 2.06. The molecule has 4 nitrogen and oxygen atoms in total. The monoisotopic (exact) mass is 291 g/mol. The normalized spacial score (nSPS) is 10.7. The molecular formula is C15H21N3OS. The zero-order valence-electron chi connectivity index (χ0n) is 11.8. The first kappa shape index (κ1) is 14.9. The maximum Gasteiger partial charge on any atom is 0.135 e. The van der Waals surface area contributed by atoms with Crippen LogP contribution in [0.4, 0.5) is 5.00 Å². The minimum Gasteiger partial charge on any atom is -0.375 e. The van der Waals surface area contributed by atoms with Crippen LogP contribution < -0.4 is 5.32 Å². The van der Waals surface area contributed by atoms with E-state index in [1.807, 2.05) is 6.07 Å². The summed E-state index contributed by atoms with van der Waals surface area (Å²) >= 11 is 1.40. The first-order valence-corrected chi connectivity index (χ1v) is 7.84. The maximum absolute atomic E-state index is 5.68. The van der Waals surface area contributed by atoms with E-state index in [9.17, 15) is 0 Å². The smallest absolute Gasteiger partial charge is 0.135 e. The van der Waals surface area contributed by atoms with Crippen LogP contribution in [0.25, 0.3) is 0 Å². The molecule has 0 saturated heterocycles. The fourth-order valence-corrected chi connectivity index (χ4v) is 2.46. The second kappa shape index (κ2) is 8.66. The number of aromatic nitrogens is 2. The molecule has 5 heteroatoms. The molecule has 0 saturated carbocycles. The van der Waals surface area contributed by atoms with Crippen LogP contribution in [0.15, 0.2) is 30.3 Å². The number of rotatable bonds is 9. The van der Waals surface area contributed by atoms with Gasteiger partial charge in [-0.25, -0.2) is 0 Å². The molecule has 0 bridgehead atoms. The van der Waals surface area contributed by atoms with E-state index in [2.05, 4.69) is 46.1 Å². The molecule has 0 fully saturated rings. The molecule has 1 N–H and O–H groups in total. The van der Waals surface area contributed by atoms with Gasteiger partial charge in [0.05, 0.1) is 6.61 Å². The Morgan fingerprint density at radius 2 is 2.10 bits per heavy atom. The van der Waals surface area contributed by atoms with E-state index in [-0.39, 0.29) is 0 Å². The van der Waals surface area contributed by atoms with Crippen molar-refractivity contribution in [3.8, 4) is 0 Å². The first-order valence-electron chi connectivity index (χ1n) is 7.07. The minimum atomic E-state index is 0.539. The number of nitrogens with one attached hydrogen (secondary N) is 1. The Morgan fingerprint density at radius 1 is 1.25 bits per heavy atom. The summed E-state index contributed by atoms with van der Waals surface area (Å²) in [5.74, 6) is 0. The van der Waals surface area contributed by atoms with Gasteiger partial charge in [-0.15, -0.1) is 5.10 Å². The average Bonchev–Trinajstić information content (AvgIpc) is 2.93. The van der Waals surface area contributed by atoms with Gasteiger partial charge in [0.25, 0.3) is 0 Å². The van der Waals surface area contributed by atoms with Crippen molar-refractivity contribution in [1.82, 2.24) is 9.59 Å². The average molecular weight is 291 g/mol. The lowest BCUT2D eigenvalue weighted by Gasteiger charge is -2.05. The van der Waals surface area contributed by atoms with Crippen LogP contribution in [0.5, 0.6) is 0 Å². The van der Waals surface area contributed by atoms with Crippen LogP contribution in [-0.4, -0.2) is 22.7 Å². The Hall–Kier alpha value is -1.46. The van der Waals surface area contributed by atoms with Crippen LogP contribution in [0.1, 0.15) is 31.0 Å². The zero-order chi connectivity index (χ0) is 14.0. The zero-order valence-corrected chi connectivity index (χ0v) is 12.7. The third-order valence-electron chi connectivity index (χ3n) is 2.93. The van der Waals surface area contributed by atoms with Gasteiger partial charge in [-0.1, -0.05) is 41.7 Å². The molecule has 0 amide bonds. The van der Waals surface area contributed by atoms with Crippen molar-refractivity contribution < 1.29 is 4.74 Å². The molecule has 0 unspecified atom stereocenters. The van der Waals surface area contributed by atoms with Crippen molar-refractivity contribution >= 4 is 16.5 Å². The number of hydrogen-bond donors (Lipinski definition) is 1. The molecule has 0 aliphatic carbocycles. The maximum atomic E-state index is 5.68. The largest absolute Gasteiger partial charge is 0.375 e. The van der Waals surface area contributed by atoms with Gasteiger partial charge in [-0.2, -0.15) is 0 Å². The Kier molecular flexibility index (Phi) is 6.47. The third kappa shape index (κ3) is 4.90. The van der Waals surface area contributed by atoms with Gasteiger partial charge < -0.3 is 10.1 Å². The first-order chi connectivity index (χ1) is 9.90. The number of hydrogen-bond acceptors (Lipinski definition) is 5. The van der Waals surface area contributed by atoms with Crippen LogP contribution >= 0.6 is 11.5 Å². The van der Waals surface area contributed by atoms with Crippen molar-refractivity contribution in [3.05, 3.63) is 41.6 Å². The molecule has 0 spiro atoms. The van der Waals surface area contributed by atoms with Gasteiger partial charge in [-0.05, 0) is 24.8 Å². The molecular weight excluding hydrogens is 270 g/mol.